The van der Waals surface area contributed by atoms with Crippen molar-refractivity contribution in [2.75, 3.05) is 11.9 Å². The quantitative estimate of drug-likeness (QED) is 0.258. The van der Waals surface area contributed by atoms with Crippen LogP contribution in [-0.2, 0) is 19.5 Å². The Morgan fingerprint density at radius 3 is 2.88 bits per heavy atom. The predicted octanol–water partition coefficient (Wildman–Crippen LogP) is -0.172. The van der Waals surface area contributed by atoms with E-state index in [4.69, 9.17) is 15.7 Å². The van der Waals surface area contributed by atoms with Gasteiger partial charge in [0.1, 0.15) is 23.5 Å². The molecule has 6 N–H and O–H groups in total. The predicted molar refractivity (Wildman–Crippen MR) is 124 cm³/mol. The molecule has 10 nitrogen and oxygen atoms in total. The van der Waals surface area contributed by atoms with E-state index in [2.05, 4.69) is 15.6 Å². The summed E-state index contributed by atoms with van der Waals surface area (Å²) in [6, 6.07) is 12.3. The minimum Gasteiger partial charge on any atom is -0.423 e. The molecule has 0 unspecified atom stereocenters. The number of fused-ring (bicyclic) bond motifs is 2. The number of rotatable bonds is 6. The third-order valence-corrected chi connectivity index (χ3v) is 5.68. The van der Waals surface area contributed by atoms with E-state index in [1.54, 1.807) is 41.1 Å². The van der Waals surface area contributed by atoms with Gasteiger partial charge in [-0.05, 0) is 23.2 Å². The fraction of sp³-hybridized carbons (Fsp3) is 0.182. The third kappa shape index (κ3) is 4.04. The molecule has 33 heavy (non-hydrogen) atoms. The summed E-state index contributed by atoms with van der Waals surface area (Å²) >= 11 is 0. The molecule has 0 radical (unpaired) electrons. The summed E-state index contributed by atoms with van der Waals surface area (Å²) in [5.74, 6) is 0.603. The van der Waals surface area contributed by atoms with E-state index >= 15 is 0 Å². The van der Waals surface area contributed by atoms with Crippen LogP contribution in [0.2, 0.25) is 0 Å². The number of pyridine rings is 1. The molecule has 11 heteroatoms. The Morgan fingerprint density at radius 1 is 1.21 bits per heavy atom. The molecule has 4 aromatic rings. The summed E-state index contributed by atoms with van der Waals surface area (Å²) in [6.07, 6.45) is 2.30. The maximum absolute atomic E-state index is 11.8. The van der Waals surface area contributed by atoms with Crippen molar-refractivity contribution in [3.05, 3.63) is 71.3 Å². The molecule has 0 saturated heterocycles. The van der Waals surface area contributed by atoms with E-state index in [1.807, 2.05) is 12.1 Å². The van der Waals surface area contributed by atoms with Crippen molar-refractivity contribution < 1.29 is 14.8 Å². The maximum atomic E-state index is 11.8. The summed E-state index contributed by atoms with van der Waals surface area (Å²) in [5, 5.41) is 25.6. The van der Waals surface area contributed by atoms with Crippen LogP contribution in [0, 0.1) is 0 Å². The van der Waals surface area contributed by atoms with Gasteiger partial charge in [-0.2, -0.15) is 0 Å². The van der Waals surface area contributed by atoms with Crippen molar-refractivity contribution in [2.24, 2.45) is 5.73 Å². The SMILES string of the molecule is NC(=O)c1cccc2c(-c3nc4c(c(NCc5cccc(B(O)O)c5)n3)CNCC4)ncn12. The molecule has 0 saturated carbocycles. The largest absolute Gasteiger partial charge is 0.488 e. The number of nitrogens with zero attached hydrogens (tertiary/aromatic N) is 4. The van der Waals surface area contributed by atoms with E-state index in [0.29, 0.717) is 47.1 Å². The molecule has 1 amide bonds. The van der Waals surface area contributed by atoms with Crippen molar-refractivity contribution in [3.8, 4) is 11.5 Å². The molecular weight excluding hydrogens is 421 g/mol. The van der Waals surface area contributed by atoms with Crippen LogP contribution in [0.4, 0.5) is 5.82 Å². The van der Waals surface area contributed by atoms with Crippen LogP contribution >= 0.6 is 0 Å². The Morgan fingerprint density at radius 2 is 2.06 bits per heavy atom. The lowest BCUT2D eigenvalue weighted by atomic mass is 9.79. The Balaban J connectivity index is 1.54. The van der Waals surface area contributed by atoms with Crippen LogP contribution in [0.25, 0.3) is 17.0 Å². The molecule has 0 spiro atoms. The summed E-state index contributed by atoms with van der Waals surface area (Å²) < 4.78 is 1.64. The van der Waals surface area contributed by atoms with Gasteiger partial charge in [-0.3, -0.25) is 9.20 Å². The first kappa shape index (κ1) is 21.1. The van der Waals surface area contributed by atoms with Gasteiger partial charge in [-0.1, -0.05) is 30.3 Å². The highest BCUT2D eigenvalue weighted by Crippen LogP contribution is 2.27. The van der Waals surface area contributed by atoms with E-state index < -0.39 is 13.0 Å². The number of anilines is 1. The lowest BCUT2D eigenvalue weighted by Gasteiger charge is -2.20. The molecule has 0 aliphatic carbocycles. The number of hydrogen-bond acceptors (Lipinski definition) is 8. The van der Waals surface area contributed by atoms with Gasteiger partial charge < -0.3 is 26.4 Å². The normalized spacial score (nSPS) is 13.0. The van der Waals surface area contributed by atoms with Crippen LogP contribution in [0.1, 0.15) is 27.3 Å². The zero-order valence-electron chi connectivity index (χ0n) is 17.7. The van der Waals surface area contributed by atoms with E-state index in [1.165, 1.54) is 0 Å². The molecule has 1 aliphatic rings. The topological polar surface area (TPSA) is 151 Å². The second kappa shape index (κ2) is 8.62. The van der Waals surface area contributed by atoms with Gasteiger partial charge in [-0.15, -0.1) is 0 Å². The first-order valence-electron chi connectivity index (χ1n) is 10.6. The maximum Gasteiger partial charge on any atom is 0.488 e. The molecular formula is C22H22BN7O3. The Bertz CT molecular complexity index is 1360. The standard InChI is InChI=1S/C22H22BN7O3/c24-20(31)18-6-2-5-17-19(27-12-30(17)18)22-28-16-7-8-25-11-15(16)21(29-22)26-10-13-3-1-4-14(9-13)23(32)33/h1-6,9,12,25,32-33H,7-8,10-11H2,(H2,24,31)(H,26,28,29). The molecule has 4 heterocycles. The number of imidazole rings is 1. The average molecular weight is 443 g/mol. The van der Waals surface area contributed by atoms with Crippen LogP contribution in [0.15, 0.2) is 48.8 Å². The van der Waals surface area contributed by atoms with E-state index in [-0.39, 0.29) is 0 Å². The third-order valence-electron chi connectivity index (χ3n) is 5.68. The number of amides is 1. The lowest BCUT2D eigenvalue weighted by Crippen LogP contribution is -2.30. The smallest absolute Gasteiger partial charge is 0.423 e. The van der Waals surface area contributed by atoms with Crippen molar-refractivity contribution in [2.45, 2.75) is 19.5 Å². The molecule has 1 aliphatic heterocycles. The molecule has 5 rings (SSSR count). The molecule has 0 atom stereocenters. The average Bonchev–Trinajstić information content (AvgIpc) is 3.26. The summed E-state index contributed by atoms with van der Waals surface area (Å²) in [5.41, 5.74) is 10.3. The number of benzene rings is 1. The Labute approximate surface area is 189 Å². The Hall–Kier alpha value is -3.80. The van der Waals surface area contributed by atoms with Crippen molar-refractivity contribution >= 4 is 29.8 Å². The number of carbonyl (C=O) groups excluding carboxylic acids is 1. The highest BCUT2D eigenvalue weighted by molar-refractivity contribution is 6.58. The number of hydrogen-bond donors (Lipinski definition) is 5. The van der Waals surface area contributed by atoms with Crippen molar-refractivity contribution in [1.82, 2.24) is 24.7 Å². The molecule has 0 fully saturated rings. The monoisotopic (exact) mass is 443 g/mol. The van der Waals surface area contributed by atoms with Gasteiger partial charge in [0, 0.05) is 31.6 Å². The van der Waals surface area contributed by atoms with E-state index in [0.717, 1.165) is 29.8 Å². The molecule has 3 aromatic heterocycles. The van der Waals surface area contributed by atoms with E-state index in [9.17, 15) is 14.8 Å². The number of nitrogens with two attached hydrogens (primary N) is 1. The second-order valence-corrected chi connectivity index (χ2v) is 7.84. The van der Waals surface area contributed by atoms with Gasteiger partial charge in [0.15, 0.2) is 5.82 Å². The van der Waals surface area contributed by atoms with Gasteiger partial charge in [-0.25, -0.2) is 15.0 Å². The summed E-state index contributed by atoms with van der Waals surface area (Å²) in [4.78, 5) is 25.8. The first-order chi connectivity index (χ1) is 16.0. The molecule has 0 bridgehead atoms. The first-order valence-corrected chi connectivity index (χ1v) is 10.6. The summed E-state index contributed by atoms with van der Waals surface area (Å²) in [7, 11) is -1.52. The minimum absolute atomic E-state index is 0.331. The fourth-order valence-corrected chi connectivity index (χ4v) is 4.04. The highest BCUT2D eigenvalue weighted by atomic mass is 16.4. The minimum atomic E-state index is -1.52. The van der Waals surface area contributed by atoms with Crippen molar-refractivity contribution in [3.63, 3.8) is 0 Å². The fourth-order valence-electron chi connectivity index (χ4n) is 4.04. The van der Waals surface area contributed by atoms with Crippen LogP contribution in [0.3, 0.4) is 0 Å². The Kier molecular flexibility index (Phi) is 5.51. The van der Waals surface area contributed by atoms with Crippen LogP contribution in [0.5, 0.6) is 0 Å². The zero-order chi connectivity index (χ0) is 22.9. The summed E-state index contributed by atoms with van der Waals surface area (Å²) in [6.45, 7) is 1.90. The lowest BCUT2D eigenvalue weighted by molar-refractivity contribution is 0.0994. The second-order valence-electron chi connectivity index (χ2n) is 7.84. The van der Waals surface area contributed by atoms with Gasteiger partial charge in [0.25, 0.3) is 5.91 Å². The van der Waals surface area contributed by atoms with Crippen LogP contribution in [-0.4, -0.2) is 49.0 Å². The highest BCUT2D eigenvalue weighted by Gasteiger charge is 2.21. The van der Waals surface area contributed by atoms with Gasteiger partial charge in [0.2, 0.25) is 0 Å². The zero-order valence-corrected chi connectivity index (χ0v) is 17.7. The number of primary amides is 1. The van der Waals surface area contributed by atoms with Crippen molar-refractivity contribution in [1.29, 1.82) is 0 Å². The van der Waals surface area contributed by atoms with Crippen LogP contribution < -0.4 is 21.8 Å². The molecule has 166 valence electrons. The van der Waals surface area contributed by atoms with Gasteiger partial charge >= 0.3 is 7.12 Å². The number of carbonyl (C=O) groups is 1. The number of nitrogens with one attached hydrogen (secondary N) is 2. The van der Waals surface area contributed by atoms with Gasteiger partial charge in [0.05, 0.1) is 11.2 Å². The number of aromatic nitrogens is 4. The molecule has 1 aromatic carbocycles.